The number of thiophene rings is 1. The van der Waals surface area contributed by atoms with Crippen LogP contribution in [0.25, 0.3) is 11.1 Å². The van der Waals surface area contributed by atoms with Gasteiger partial charge in [-0.15, -0.1) is 11.3 Å². The molecule has 0 unspecified atom stereocenters. The van der Waals surface area contributed by atoms with Crippen LogP contribution in [0.4, 0.5) is 4.39 Å². The van der Waals surface area contributed by atoms with Gasteiger partial charge in [0.1, 0.15) is 5.82 Å². The summed E-state index contributed by atoms with van der Waals surface area (Å²) in [5, 5.41) is 8.98. The van der Waals surface area contributed by atoms with Crippen LogP contribution in [0.1, 0.15) is 16.6 Å². The highest BCUT2D eigenvalue weighted by Gasteiger charge is 2.16. The van der Waals surface area contributed by atoms with Gasteiger partial charge in [0.05, 0.1) is 11.4 Å². The van der Waals surface area contributed by atoms with Crippen molar-refractivity contribution in [1.82, 2.24) is 15.1 Å². The van der Waals surface area contributed by atoms with Gasteiger partial charge in [0.2, 0.25) is 0 Å². The highest BCUT2D eigenvalue weighted by molar-refractivity contribution is 7.12. The predicted octanol–water partition coefficient (Wildman–Crippen LogP) is 3.57. The fraction of sp³-hybridized carbons (Fsp3) is 0.176. The monoisotopic (exact) mass is 329 g/mol. The van der Waals surface area contributed by atoms with Gasteiger partial charge in [-0.25, -0.2) is 4.39 Å². The van der Waals surface area contributed by atoms with Crippen LogP contribution in [-0.2, 0) is 6.54 Å². The van der Waals surface area contributed by atoms with E-state index >= 15 is 0 Å². The molecule has 6 heteroatoms. The zero-order valence-corrected chi connectivity index (χ0v) is 13.4. The van der Waals surface area contributed by atoms with Crippen molar-refractivity contribution in [1.29, 1.82) is 0 Å². The van der Waals surface area contributed by atoms with E-state index in [4.69, 9.17) is 0 Å². The Morgan fingerprint density at radius 2 is 2.13 bits per heavy atom. The molecule has 0 saturated carbocycles. The molecule has 1 N–H and O–H groups in total. The largest absolute Gasteiger partial charge is 0.347 e. The Kier molecular flexibility index (Phi) is 4.52. The number of benzene rings is 1. The minimum absolute atomic E-state index is 0.0504. The Labute approximate surface area is 137 Å². The van der Waals surface area contributed by atoms with Gasteiger partial charge in [0.25, 0.3) is 5.91 Å². The molecule has 1 atom stereocenters. The number of carbonyl (C=O) groups is 1. The van der Waals surface area contributed by atoms with E-state index in [1.54, 1.807) is 23.0 Å². The summed E-state index contributed by atoms with van der Waals surface area (Å²) >= 11 is 1.38. The lowest BCUT2D eigenvalue weighted by atomic mass is 10.1. The maximum absolute atomic E-state index is 13.1. The molecule has 0 aliphatic rings. The van der Waals surface area contributed by atoms with Crippen LogP contribution >= 0.6 is 11.3 Å². The second-order valence-corrected chi connectivity index (χ2v) is 6.19. The van der Waals surface area contributed by atoms with Crippen LogP contribution in [0.15, 0.2) is 54.2 Å². The number of halogens is 1. The maximum Gasteiger partial charge on any atom is 0.262 e. The van der Waals surface area contributed by atoms with Crippen molar-refractivity contribution < 1.29 is 9.18 Å². The van der Waals surface area contributed by atoms with Gasteiger partial charge < -0.3 is 5.32 Å². The van der Waals surface area contributed by atoms with Gasteiger partial charge in [0, 0.05) is 24.0 Å². The molecule has 0 aliphatic heterocycles. The molecule has 0 radical (unpaired) electrons. The van der Waals surface area contributed by atoms with Crippen molar-refractivity contribution in [3.05, 3.63) is 64.9 Å². The van der Waals surface area contributed by atoms with Gasteiger partial charge in [-0.2, -0.15) is 5.10 Å². The second kappa shape index (κ2) is 6.75. The van der Waals surface area contributed by atoms with Crippen LogP contribution in [-0.4, -0.2) is 21.7 Å². The molecule has 3 aromatic rings. The average Bonchev–Trinajstić information content (AvgIpc) is 3.19. The van der Waals surface area contributed by atoms with E-state index in [2.05, 4.69) is 10.4 Å². The molecule has 3 rings (SSSR count). The molecule has 23 heavy (non-hydrogen) atoms. The SMILES string of the molecule is C[C@H](Cn1cccn1)NC(=O)c1sccc1-c1ccc(F)cc1. The molecule has 2 heterocycles. The summed E-state index contributed by atoms with van der Waals surface area (Å²) in [5.74, 6) is -0.415. The van der Waals surface area contributed by atoms with E-state index in [0.717, 1.165) is 11.1 Å². The number of hydrogen-bond acceptors (Lipinski definition) is 3. The van der Waals surface area contributed by atoms with Crippen LogP contribution < -0.4 is 5.32 Å². The zero-order valence-electron chi connectivity index (χ0n) is 12.6. The number of rotatable bonds is 5. The molecule has 0 aliphatic carbocycles. The molecule has 1 aromatic carbocycles. The van der Waals surface area contributed by atoms with Crippen molar-refractivity contribution in [2.75, 3.05) is 0 Å². The quantitative estimate of drug-likeness (QED) is 0.778. The first-order valence-corrected chi connectivity index (χ1v) is 8.13. The standard InChI is InChI=1S/C17H16FN3OS/c1-12(11-21-9-2-8-19-21)20-17(22)16-15(7-10-23-16)13-3-5-14(18)6-4-13/h2-10,12H,11H2,1H3,(H,20,22)/t12-/m1/s1. The summed E-state index contributed by atoms with van der Waals surface area (Å²) in [7, 11) is 0. The Balaban J connectivity index is 1.73. The van der Waals surface area contributed by atoms with E-state index < -0.39 is 0 Å². The van der Waals surface area contributed by atoms with Gasteiger partial charge >= 0.3 is 0 Å². The van der Waals surface area contributed by atoms with E-state index in [9.17, 15) is 9.18 Å². The second-order valence-electron chi connectivity index (χ2n) is 5.27. The molecule has 4 nitrogen and oxygen atoms in total. The minimum atomic E-state index is -0.289. The first kappa shape index (κ1) is 15.4. The third-order valence-corrected chi connectivity index (χ3v) is 4.34. The normalized spacial score (nSPS) is 12.1. The Hall–Kier alpha value is -2.47. The lowest BCUT2D eigenvalue weighted by Crippen LogP contribution is -2.35. The number of carbonyl (C=O) groups excluding carboxylic acids is 1. The Bertz CT molecular complexity index is 781. The molecule has 2 aromatic heterocycles. The maximum atomic E-state index is 13.1. The number of amides is 1. The summed E-state index contributed by atoms with van der Waals surface area (Å²) in [6, 6.07) is 9.84. The first-order valence-electron chi connectivity index (χ1n) is 7.25. The zero-order chi connectivity index (χ0) is 16.2. The van der Waals surface area contributed by atoms with Crippen LogP contribution in [0.2, 0.25) is 0 Å². The minimum Gasteiger partial charge on any atom is -0.347 e. The van der Waals surface area contributed by atoms with Crippen molar-refractivity contribution in [3.8, 4) is 11.1 Å². The Morgan fingerprint density at radius 3 is 2.83 bits per heavy atom. The summed E-state index contributed by atoms with van der Waals surface area (Å²) in [4.78, 5) is 13.1. The number of nitrogens with zero attached hydrogens (tertiary/aromatic N) is 2. The fourth-order valence-electron chi connectivity index (χ4n) is 2.37. The van der Waals surface area contributed by atoms with Crippen molar-refractivity contribution >= 4 is 17.2 Å². The summed E-state index contributed by atoms with van der Waals surface area (Å²) in [6.07, 6.45) is 3.57. The third kappa shape index (κ3) is 3.65. The van der Waals surface area contributed by atoms with E-state index in [1.807, 2.05) is 30.6 Å². The summed E-state index contributed by atoms with van der Waals surface area (Å²) in [6.45, 7) is 2.54. The van der Waals surface area contributed by atoms with Crippen molar-refractivity contribution in [2.24, 2.45) is 0 Å². The number of nitrogens with one attached hydrogen (secondary N) is 1. The molecule has 0 bridgehead atoms. The molecular formula is C17H16FN3OS. The lowest BCUT2D eigenvalue weighted by molar-refractivity contribution is 0.0940. The van der Waals surface area contributed by atoms with Crippen LogP contribution in [0.3, 0.4) is 0 Å². The molecule has 0 spiro atoms. The summed E-state index contributed by atoms with van der Waals surface area (Å²) < 4.78 is 14.8. The molecule has 0 fully saturated rings. The number of aromatic nitrogens is 2. The van der Waals surface area contributed by atoms with Gasteiger partial charge in [-0.1, -0.05) is 12.1 Å². The van der Waals surface area contributed by atoms with Gasteiger partial charge in [-0.05, 0) is 42.1 Å². The predicted molar refractivity (Wildman–Crippen MR) is 88.9 cm³/mol. The molecular weight excluding hydrogens is 313 g/mol. The fourth-order valence-corrected chi connectivity index (χ4v) is 3.18. The Morgan fingerprint density at radius 1 is 1.35 bits per heavy atom. The van der Waals surface area contributed by atoms with Crippen LogP contribution in [0, 0.1) is 5.82 Å². The van der Waals surface area contributed by atoms with Gasteiger partial charge in [0.15, 0.2) is 0 Å². The average molecular weight is 329 g/mol. The highest BCUT2D eigenvalue weighted by Crippen LogP contribution is 2.28. The van der Waals surface area contributed by atoms with Crippen LogP contribution in [0.5, 0.6) is 0 Å². The van der Waals surface area contributed by atoms with Crippen molar-refractivity contribution in [2.45, 2.75) is 19.5 Å². The third-order valence-electron chi connectivity index (χ3n) is 3.42. The number of hydrogen-bond donors (Lipinski definition) is 1. The van der Waals surface area contributed by atoms with E-state index in [0.29, 0.717) is 11.4 Å². The summed E-state index contributed by atoms with van der Waals surface area (Å²) in [5.41, 5.74) is 1.65. The van der Waals surface area contributed by atoms with Gasteiger partial charge in [-0.3, -0.25) is 9.48 Å². The van der Waals surface area contributed by atoms with Crippen molar-refractivity contribution in [3.63, 3.8) is 0 Å². The highest BCUT2D eigenvalue weighted by atomic mass is 32.1. The molecule has 0 saturated heterocycles. The molecule has 1 amide bonds. The first-order chi connectivity index (χ1) is 11.1. The van der Waals surface area contributed by atoms with E-state index in [1.165, 1.54) is 23.5 Å². The van der Waals surface area contributed by atoms with E-state index in [-0.39, 0.29) is 17.8 Å². The lowest BCUT2D eigenvalue weighted by Gasteiger charge is -2.14. The topological polar surface area (TPSA) is 46.9 Å². The smallest absolute Gasteiger partial charge is 0.262 e. The molecule has 118 valence electrons.